The van der Waals surface area contributed by atoms with Crippen LogP contribution in [0.3, 0.4) is 0 Å². The van der Waals surface area contributed by atoms with Gasteiger partial charge in [0.1, 0.15) is 5.65 Å². The number of aromatic nitrogens is 4. The van der Waals surface area contributed by atoms with Crippen molar-refractivity contribution in [1.82, 2.24) is 19.9 Å². The van der Waals surface area contributed by atoms with Gasteiger partial charge in [0.2, 0.25) is 0 Å². The van der Waals surface area contributed by atoms with E-state index in [2.05, 4.69) is 19.9 Å². The predicted molar refractivity (Wildman–Crippen MR) is 65.4 cm³/mol. The average molecular weight is 242 g/mol. The van der Waals surface area contributed by atoms with E-state index < -0.39 is 5.97 Å². The van der Waals surface area contributed by atoms with Gasteiger partial charge in [-0.05, 0) is 25.1 Å². The van der Waals surface area contributed by atoms with Gasteiger partial charge in [-0.2, -0.15) is 0 Å². The molecule has 0 radical (unpaired) electrons. The molecule has 3 heterocycles. The van der Waals surface area contributed by atoms with Crippen molar-refractivity contribution in [2.24, 2.45) is 0 Å². The highest BCUT2D eigenvalue weighted by Gasteiger charge is 2.15. The standard InChI is InChI=1S/C12H10N4O2/c1-6-9(12(17)18)16-11(14-6)8-5-7-3-2-4-13-10(7)15-8/h2-5H,1H3,(H,13,15)(H,14,16)(H,17,18). The average Bonchev–Trinajstić information content (AvgIpc) is 2.91. The number of fused-ring (bicyclic) bond motifs is 1. The molecule has 90 valence electrons. The number of carbonyl (C=O) groups is 1. The smallest absolute Gasteiger partial charge is 0.356 e. The molecule has 0 unspecified atom stereocenters. The summed E-state index contributed by atoms with van der Waals surface area (Å²) in [4.78, 5) is 25.2. The zero-order valence-corrected chi connectivity index (χ0v) is 9.56. The summed E-state index contributed by atoms with van der Waals surface area (Å²) in [6.45, 7) is 1.68. The maximum absolute atomic E-state index is 10.9. The number of aromatic carboxylic acids is 1. The molecule has 0 aromatic carbocycles. The molecular formula is C12H10N4O2. The van der Waals surface area contributed by atoms with Crippen LogP contribution < -0.4 is 0 Å². The quantitative estimate of drug-likeness (QED) is 0.640. The van der Waals surface area contributed by atoms with E-state index >= 15 is 0 Å². The third-order valence-electron chi connectivity index (χ3n) is 2.73. The third kappa shape index (κ3) is 1.55. The molecule has 3 rings (SSSR count). The summed E-state index contributed by atoms with van der Waals surface area (Å²) in [6.07, 6.45) is 1.69. The van der Waals surface area contributed by atoms with Crippen LogP contribution in [0.5, 0.6) is 0 Å². The minimum atomic E-state index is -1.04. The summed E-state index contributed by atoms with van der Waals surface area (Å²) in [7, 11) is 0. The van der Waals surface area contributed by atoms with Crippen LogP contribution in [0.15, 0.2) is 24.4 Å². The molecule has 18 heavy (non-hydrogen) atoms. The molecule has 0 spiro atoms. The highest BCUT2D eigenvalue weighted by molar-refractivity contribution is 5.88. The van der Waals surface area contributed by atoms with Crippen molar-refractivity contribution in [2.75, 3.05) is 0 Å². The molecule has 0 aliphatic heterocycles. The number of rotatable bonds is 2. The summed E-state index contributed by atoms with van der Waals surface area (Å²) in [6, 6.07) is 5.65. The second-order valence-corrected chi connectivity index (χ2v) is 3.99. The second-order valence-electron chi connectivity index (χ2n) is 3.99. The number of carboxylic acids is 1. The Bertz CT molecular complexity index is 708. The van der Waals surface area contributed by atoms with Gasteiger partial charge in [0, 0.05) is 17.3 Å². The van der Waals surface area contributed by atoms with E-state index in [0.717, 1.165) is 16.7 Å². The second kappa shape index (κ2) is 3.69. The van der Waals surface area contributed by atoms with Crippen molar-refractivity contribution < 1.29 is 9.90 Å². The van der Waals surface area contributed by atoms with E-state index in [1.807, 2.05) is 18.2 Å². The van der Waals surface area contributed by atoms with Crippen LogP contribution in [0.2, 0.25) is 0 Å². The van der Waals surface area contributed by atoms with Crippen LogP contribution in [0.1, 0.15) is 16.2 Å². The number of imidazole rings is 1. The molecule has 6 nitrogen and oxygen atoms in total. The molecule has 3 aromatic heterocycles. The van der Waals surface area contributed by atoms with Gasteiger partial charge in [-0.25, -0.2) is 14.8 Å². The first-order chi connectivity index (χ1) is 8.65. The maximum Gasteiger partial charge on any atom is 0.356 e. The first-order valence-electron chi connectivity index (χ1n) is 5.39. The van der Waals surface area contributed by atoms with Crippen LogP contribution in [0.25, 0.3) is 22.6 Å². The fourth-order valence-corrected chi connectivity index (χ4v) is 1.88. The molecule has 0 aliphatic carbocycles. The lowest BCUT2D eigenvalue weighted by molar-refractivity contribution is 0.0690. The number of hydrogen-bond donors (Lipinski definition) is 3. The largest absolute Gasteiger partial charge is 0.476 e. The first kappa shape index (κ1) is 10.5. The lowest BCUT2D eigenvalue weighted by Gasteiger charge is -1.88. The number of aromatic amines is 2. The summed E-state index contributed by atoms with van der Waals surface area (Å²) in [5.41, 5.74) is 2.04. The van der Waals surface area contributed by atoms with Crippen LogP contribution in [-0.2, 0) is 0 Å². The summed E-state index contributed by atoms with van der Waals surface area (Å²) in [5.74, 6) is -0.535. The monoisotopic (exact) mass is 242 g/mol. The van der Waals surface area contributed by atoms with Crippen LogP contribution in [0, 0.1) is 6.92 Å². The molecule has 0 saturated heterocycles. The summed E-state index contributed by atoms with van der Waals surface area (Å²) in [5, 5.41) is 9.92. The zero-order chi connectivity index (χ0) is 12.7. The van der Waals surface area contributed by atoms with Gasteiger partial charge in [0.15, 0.2) is 11.5 Å². The van der Waals surface area contributed by atoms with Crippen LogP contribution >= 0.6 is 0 Å². The normalized spacial score (nSPS) is 10.9. The SMILES string of the molecule is Cc1[nH]c(-c2cc3cccnc3[nH]2)nc1C(=O)O. The molecule has 3 N–H and O–H groups in total. The van der Waals surface area contributed by atoms with Gasteiger partial charge in [-0.1, -0.05) is 0 Å². The minimum absolute atomic E-state index is 0.0385. The van der Waals surface area contributed by atoms with E-state index in [4.69, 9.17) is 5.11 Å². The molecule has 0 fully saturated rings. The number of H-pyrrole nitrogens is 2. The Kier molecular flexibility index (Phi) is 2.16. The van der Waals surface area contributed by atoms with Gasteiger partial charge in [-0.3, -0.25) is 0 Å². The van der Waals surface area contributed by atoms with E-state index in [1.54, 1.807) is 13.1 Å². The van der Waals surface area contributed by atoms with Crippen molar-refractivity contribution in [2.45, 2.75) is 6.92 Å². The third-order valence-corrected chi connectivity index (χ3v) is 2.73. The number of pyridine rings is 1. The van der Waals surface area contributed by atoms with Gasteiger partial charge in [-0.15, -0.1) is 0 Å². The van der Waals surface area contributed by atoms with Crippen molar-refractivity contribution in [3.63, 3.8) is 0 Å². The van der Waals surface area contributed by atoms with Gasteiger partial charge >= 0.3 is 5.97 Å². The molecule has 0 saturated carbocycles. The predicted octanol–water partition coefficient (Wildman–Crippen LogP) is 1.96. The lowest BCUT2D eigenvalue weighted by atomic mass is 10.3. The summed E-state index contributed by atoms with van der Waals surface area (Å²) >= 11 is 0. The van der Waals surface area contributed by atoms with E-state index in [1.165, 1.54) is 0 Å². The Labute approximate surface area is 102 Å². The molecular weight excluding hydrogens is 232 g/mol. The van der Waals surface area contributed by atoms with Gasteiger partial charge < -0.3 is 15.1 Å². The van der Waals surface area contributed by atoms with Crippen molar-refractivity contribution in [3.05, 3.63) is 35.8 Å². The zero-order valence-electron chi connectivity index (χ0n) is 9.56. The van der Waals surface area contributed by atoms with Crippen LogP contribution in [0.4, 0.5) is 0 Å². The number of carboxylic acid groups (broad SMARTS) is 1. The molecule has 3 aromatic rings. The molecule has 6 heteroatoms. The Morgan fingerprint density at radius 3 is 2.89 bits per heavy atom. The van der Waals surface area contributed by atoms with Crippen molar-refractivity contribution in [3.8, 4) is 11.5 Å². The maximum atomic E-state index is 10.9. The Morgan fingerprint density at radius 1 is 1.39 bits per heavy atom. The lowest BCUT2D eigenvalue weighted by Crippen LogP contribution is -1.98. The van der Waals surface area contributed by atoms with Crippen molar-refractivity contribution in [1.29, 1.82) is 0 Å². The molecule has 0 amide bonds. The first-order valence-corrected chi connectivity index (χ1v) is 5.39. The van der Waals surface area contributed by atoms with Gasteiger partial charge in [0.25, 0.3) is 0 Å². The topological polar surface area (TPSA) is 94.7 Å². The number of nitrogens with one attached hydrogen (secondary N) is 2. The Balaban J connectivity index is 2.14. The molecule has 0 bridgehead atoms. The van der Waals surface area contributed by atoms with Gasteiger partial charge in [0.05, 0.1) is 5.69 Å². The Morgan fingerprint density at radius 2 is 2.22 bits per heavy atom. The number of hydrogen-bond acceptors (Lipinski definition) is 3. The highest BCUT2D eigenvalue weighted by Crippen LogP contribution is 2.21. The number of nitrogens with zero attached hydrogens (tertiary/aromatic N) is 2. The fraction of sp³-hybridized carbons (Fsp3) is 0.0833. The fourth-order valence-electron chi connectivity index (χ4n) is 1.88. The molecule has 0 atom stereocenters. The molecule has 0 aliphatic rings. The summed E-state index contributed by atoms with van der Waals surface area (Å²) < 4.78 is 0. The minimum Gasteiger partial charge on any atom is -0.476 e. The van der Waals surface area contributed by atoms with E-state index in [-0.39, 0.29) is 5.69 Å². The number of aryl methyl sites for hydroxylation is 1. The Hall–Kier alpha value is -2.63. The van der Waals surface area contributed by atoms with Crippen molar-refractivity contribution >= 4 is 17.0 Å². The highest BCUT2D eigenvalue weighted by atomic mass is 16.4. The van der Waals surface area contributed by atoms with E-state index in [0.29, 0.717) is 11.5 Å². The van der Waals surface area contributed by atoms with E-state index in [9.17, 15) is 4.79 Å². The van der Waals surface area contributed by atoms with Crippen LogP contribution in [-0.4, -0.2) is 31.0 Å².